The number of anilines is 1. The molecule has 30 heavy (non-hydrogen) atoms. The number of hydrogen-bond donors (Lipinski definition) is 3. The third kappa shape index (κ3) is 6.34. The number of benzene rings is 3. The van der Waals surface area contributed by atoms with Crippen molar-refractivity contribution < 1.29 is 4.79 Å². The highest BCUT2D eigenvalue weighted by molar-refractivity contribution is 14.1. The number of amides is 1. The lowest BCUT2D eigenvalue weighted by atomic mass is 10.0. The Balaban J connectivity index is 1.69. The molecule has 0 bridgehead atoms. The second-order valence-corrected chi connectivity index (χ2v) is 10.4. The number of halogens is 4. The van der Waals surface area contributed by atoms with Gasteiger partial charge in [-0.1, -0.05) is 89.4 Å². The fourth-order valence-electron chi connectivity index (χ4n) is 2.88. The molecule has 3 N–H and O–H groups in total. The number of fused-ring (bicyclic) bond motifs is 1. The maximum atomic E-state index is 12.7. The van der Waals surface area contributed by atoms with Gasteiger partial charge >= 0.3 is 0 Å². The van der Waals surface area contributed by atoms with Crippen LogP contribution in [0, 0.1) is 3.57 Å². The highest BCUT2D eigenvalue weighted by Crippen LogP contribution is 2.29. The van der Waals surface area contributed by atoms with Crippen molar-refractivity contribution in [3.8, 4) is 0 Å². The van der Waals surface area contributed by atoms with Crippen molar-refractivity contribution in [2.24, 2.45) is 0 Å². The number of rotatable bonds is 5. The van der Waals surface area contributed by atoms with Crippen molar-refractivity contribution >= 4 is 97.1 Å². The molecule has 156 valence electrons. The SMILES string of the molecule is O=C(Cc1cccc2ccccc12)N[C@@H](NC(=S)Nc1ccccc1I)C(Cl)(Cl)Cl. The van der Waals surface area contributed by atoms with Crippen molar-refractivity contribution in [2.75, 3.05) is 5.32 Å². The lowest BCUT2D eigenvalue weighted by molar-refractivity contribution is -0.121. The van der Waals surface area contributed by atoms with Gasteiger partial charge in [0.15, 0.2) is 5.11 Å². The molecule has 3 aromatic rings. The predicted octanol–water partition coefficient (Wildman–Crippen LogP) is 5.79. The number of nitrogens with one attached hydrogen (secondary N) is 3. The Bertz CT molecular complexity index is 1070. The molecule has 9 heteroatoms. The van der Waals surface area contributed by atoms with E-state index in [9.17, 15) is 4.79 Å². The van der Waals surface area contributed by atoms with Crippen molar-refractivity contribution in [1.82, 2.24) is 10.6 Å². The maximum Gasteiger partial charge on any atom is 0.228 e. The summed E-state index contributed by atoms with van der Waals surface area (Å²) in [5.74, 6) is -0.299. The molecule has 0 spiro atoms. The minimum Gasteiger partial charge on any atom is -0.339 e. The zero-order valence-electron chi connectivity index (χ0n) is 15.5. The third-order valence-corrected chi connectivity index (χ3v) is 6.08. The van der Waals surface area contributed by atoms with Crippen LogP contribution in [0.2, 0.25) is 0 Å². The van der Waals surface area contributed by atoms with E-state index in [1.165, 1.54) is 0 Å². The molecule has 0 saturated carbocycles. The fraction of sp³-hybridized carbons (Fsp3) is 0.143. The van der Waals surface area contributed by atoms with E-state index in [1.54, 1.807) is 0 Å². The Morgan fingerprint density at radius 3 is 2.37 bits per heavy atom. The van der Waals surface area contributed by atoms with Crippen LogP contribution in [-0.2, 0) is 11.2 Å². The van der Waals surface area contributed by atoms with Crippen molar-refractivity contribution in [2.45, 2.75) is 16.4 Å². The topological polar surface area (TPSA) is 53.2 Å². The van der Waals surface area contributed by atoms with E-state index in [0.717, 1.165) is 25.6 Å². The van der Waals surface area contributed by atoms with Gasteiger partial charge in [0, 0.05) is 3.57 Å². The van der Waals surface area contributed by atoms with Crippen LogP contribution in [0.25, 0.3) is 10.8 Å². The number of para-hydroxylation sites is 1. The van der Waals surface area contributed by atoms with Crippen LogP contribution in [0.5, 0.6) is 0 Å². The summed E-state index contributed by atoms with van der Waals surface area (Å²) in [5, 5.41) is 10.9. The largest absolute Gasteiger partial charge is 0.339 e. The summed E-state index contributed by atoms with van der Waals surface area (Å²) in [6.07, 6.45) is -0.886. The molecule has 0 aliphatic heterocycles. The summed E-state index contributed by atoms with van der Waals surface area (Å²) >= 11 is 25.8. The minimum atomic E-state index is -1.82. The second-order valence-electron chi connectivity index (χ2n) is 6.44. The molecule has 0 heterocycles. The maximum absolute atomic E-state index is 12.7. The van der Waals surface area contributed by atoms with Gasteiger partial charge in [-0.2, -0.15) is 0 Å². The van der Waals surface area contributed by atoms with Crippen LogP contribution in [-0.4, -0.2) is 21.0 Å². The lowest BCUT2D eigenvalue weighted by Crippen LogP contribution is -2.56. The Morgan fingerprint density at radius 1 is 0.967 bits per heavy atom. The molecule has 3 rings (SSSR count). The Kier molecular flexibility index (Phi) is 8.04. The van der Waals surface area contributed by atoms with Gasteiger partial charge in [-0.15, -0.1) is 0 Å². The van der Waals surface area contributed by atoms with Crippen LogP contribution in [0.1, 0.15) is 5.56 Å². The van der Waals surface area contributed by atoms with Crippen molar-refractivity contribution in [1.29, 1.82) is 0 Å². The summed E-state index contributed by atoms with van der Waals surface area (Å²) in [5.41, 5.74) is 1.69. The van der Waals surface area contributed by atoms with E-state index in [2.05, 4.69) is 38.5 Å². The zero-order valence-corrected chi connectivity index (χ0v) is 20.7. The second kappa shape index (κ2) is 10.3. The summed E-state index contributed by atoms with van der Waals surface area (Å²) in [7, 11) is 0. The monoisotopic (exact) mass is 591 g/mol. The number of alkyl halides is 3. The van der Waals surface area contributed by atoms with E-state index in [1.807, 2.05) is 66.7 Å². The van der Waals surface area contributed by atoms with Crippen LogP contribution < -0.4 is 16.0 Å². The molecule has 1 atom stereocenters. The minimum absolute atomic E-state index is 0.136. The smallest absolute Gasteiger partial charge is 0.228 e. The summed E-state index contributed by atoms with van der Waals surface area (Å²) in [6, 6.07) is 21.3. The van der Waals surface area contributed by atoms with Gasteiger partial charge < -0.3 is 16.0 Å². The lowest BCUT2D eigenvalue weighted by Gasteiger charge is -2.28. The number of carbonyl (C=O) groups is 1. The van der Waals surface area contributed by atoms with Gasteiger partial charge in [0.25, 0.3) is 0 Å². The van der Waals surface area contributed by atoms with E-state index in [0.29, 0.717) is 0 Å². The van der Waals surface area contributed by atoms with Crippen LogP contribution in [0.15, 0.2) is 66.7 Å². The van der Waals surface area contributed by atoms with Gasteiger partial charge in [0.05, 0.1) is 12.1 Å². The van der Waals surface area contributed by atoms with Gasteiger partial charge in [-0.3, -0.25) is 4.79 Å². The van der Waals surface area contributed by atoms with Crippen molar-refractivity contribution in [3.63, 3.8) is 0 Å². The third-order valence-electron chi connectivity index (χ3n) is 4.26. The van der Waals surface area contributed by atoms with Crippen LogP contribution in [0.3, 0.4) is 0 Å². The molecule has 1 amide bonds. The summed E-state index contributed by atoms with van der Waals surface area (Å²) < 4.78 is -0.839. The predicted molar refractivity (Wildman–Crippen MR) is 138 cm³/mol. The molecule has 0 radical (unpaired) electrons. The first-order chi connectivity index (χ1) is 14.2. The Labute approximate surface area is 208 Å². The average Bonchev–Trinajstić information content (AvgIpc) is 2.69. The molecule has 4 nitrogen and oxygen atoms in total. The molecule has 0 aromatic heterocycles. The Hall–Kier alpha value is -1.32. The molecule has 0 saturated heterocycles. The average molecular weight is 593 g/mol. The van der Waals surface area contributed by atoms with Gasteiger partial charge in [0.2, 0.25) is 9.70 Å². The standard InChI is InChI=1S/C21H17Cl3IN3OS/c22-21(23,24)19(28-20(30)26-17-11-4-3-10-16(17)25)27-18(29)12-14-8-5-7-13-6-1-2-9-15(13)14/h1-11,19H,12H2,(H,27,29)(H2,26,28,30)/t19-/m0/s1. The molecule has 0 aliphatic rings. The van der Waals surface area contributed by atoms with Gasteiger partial charge in [0.1, 0.15) is 6.17 Å². The Morgan fingerprint density at radius 2 is 1.63 bits per heavy atom. The highest BCUT2D eigenvalue weighted by Gasteiger charge is 2.34. The van der Waals surface area contributed by atoms with E-state index < -0.39 is 9.96 Å². The molecule has 0 fully saturated rings. The first kappa shape index (κ1) is 23.3. The van der Waals surface area contributed by atoms with Crippen LogP contribution >= 0.6 is 69.6 Å². The van der Waals surface area contributed by atoms with Crippen LogP contribution in [0.4, 0.5) is 5.69 Å². The fourth-order valence-corrected chi connectivity index (χ4v) is 3.96. The number of carbonyl (C=O) groups excluding carboxylic acids is 1. The molecule has 3 aromatic carbocycles. The number of hydrogen-bond acceptors (Lipinski definition) is 2. The van der Waals surface area contributed by atoms with Gasteiger partial charge in [-0.05, 0) is 63.3 Å². The van der Waals surface area contributed by atoms with E-state index in [-0.39, 0.29) is 17.4 Å². The first-order valence-electron chi connectivity index (χ1n) is 8.89. The summed E-state index contributed by atoms with van der Waals surface area (Å²) in [4.78, 5) is 12.7. The normalized spacial score (nSPS) is 12.3. The van der Waals surface area contributed by atoms with E-state index >= 15 is 0 Å². The molecule has 0 unspecified atom stereocenters. The molecular weight excluding hydrogens is 576 g/mol. The highest BCUT2D eigenvalue weighted by atomic mass is 127. The van der Waals surface area contributed by atoms with E-state index in [4.69, 9.17) is 47.0 Å². The van der Waals surface area contributed by atoms with Crippen molar-refractivity contribution in [3.05, 3.63) is 75.9 Å². The quantitative estimate of drug-likeness (QED) is 0.152. The van der Waals surface area contributed by atoms with Gasteiger partial charge in [-0.25, -0.2) is 0 Å². The number of thiocarbonyl (C=S) groups is 1. The summed E-state index contributed by atoms with van der Waals surface area (Å²) in [6.45, 7) is 0. The zero-order chi connectivity index (χ0) is 21.7. The molecule has 0 aliphatic carbocycles. The first-order valence-corrected chi connectivity index (χ1v) is 11.5. The molecular formula is C21H17Cl3IN3OS.